The minimum Gasteiger partial charge on any atom is -0.492 e. The summed E-state index contributed by atoms with van der Waals surface area (Å²) in [6.07, 6.45) is 2.27. The van der Waals surface area contributed by atoms with Gasteiger partial charge in [-0.3, -0.25) is 4.79 Å². The van der Waals surface area contributed by atoms with Crippen molar-refractivity contribution >= 4 is 32.8 Å². The van der Waals surface area contributed by atoms with Crippen molar-refractivity contribution in [2.24, 2.45) is 0 Å². The minimum atomic E-state index is -0.686. The molecule has 1 aromatic rings. The average molecular weight is 308 g/mol. The predicted octanol–water partition coefficient (Wildman–Crippen LogP) is 3.92. The predicted molar refractivity (Wildman–Crippen MR) is 64.6 cm³/mol. The maximum Gasteiger partial charge on any atom is 0.256 e. The molecular weight excluding hydrogens is 298 g/mol. The fourth-order valence-corrected chi connectivity index (χ4v) is 1.54. The van der Waals surface area contributed by atoms with E-state index in [9.17, 15) is 9.18 Å². The van der Waals surface area contributed by atoms with E-state index in [1.54, 1.807) is 6.08 Å². The van der Waals surface area contributed by atoms with E-state index < -0.39 is 11.1 Å². The van der Waals surface area contributed by atoms with Gasteiger partial charge in [0, 0.05) is 6.07 Å². The van der Waals surface area contributed by atoms with Crippen LogP contribution in [-0.4, -0.2) is 11.8 Å². The van der Waals surface area contributed by atoms with E-state index in [1.165, 1.54) is 6.07 Å². The summed E-state index contributed by atoms with van der Waals surface area (Å²) in [7, 11) is 0. The highest BCUT2D eigenvalue weighted by atomic mass is 79.9. The van der Waals surface area contributed by atoms with Crippen LogP contribution < -0.4 is 4.74 Å². The van der Waals surface area contributed by atoms with Crippen molar-refractivity contribution in [3.05, 3.63) is 40.6 Å². The first kappa shape index (κ1) is 13.2. The molecule has 0 atom stereocenters. The topological polar surface area (TPSA) is 26.3 Å². The van der Waals surface area contributed by atoms with Gasteiger partial charge in [0.1, 0.15) is 11.6 Å². The van der Waals surface area contributed by atoms with Gasteiger partial charge in [0.15, 0.2) is 0 Å². The summed E-state index contributed by atoms with van der Waals surface area (Å²) in [5.41, 5.74) is 0.138. The van der Waals surface area contributed by atoms with Crippen LogP contribution in [0.1, 0.15) is 16.8 Å². The fourth-order valence-electron chi connectivity index (χ4n) is 1.05. The Kier molecular flexibility index (Phi) is 4.96. The van der Waals surface area contributed by atoms with Crippen LogP contribution in [0.15, 0.2) is 29.3 Å². The van der Waals surface area contributed by atoms with Crippen molar-refractivity contribution in [2.45, 2.75) is 6.42 Å². The van der Waals surface area contributed by atoms with Gasteiger partial charge >= 0.3 is 0 Å². The zero-order valence-electron chi connectivity index (χ0n) is 8.30. The van der Waals surface area contributed by atoms with Gasteiger partial charge in [0.25, 0.3) is 5.24 Å². The smallest absolute Gasteiger partial charge is 0.256 e. The van der Waals surface area contributed by atoms with E-state index in [0.29, 0.717) is 13.0 Å². The van der Waals surface area contributed by atoms with E-state index in [0.717, 1.165) is 6.07 Å². The van der Waals surface area contributed by atoms with E-state index in [-0.39, 0.29) is 15.8 Å². The number of carbonyl (C=O) groups is 1. The molecule has 0 amide bonds. The van der Waals surface area contributed by atoms with Gasteiger partial charge in [-0.2, -0.15) is 0 Å². The van der Waals surface area contributed by atoms with Crippen molar-refractivity contribution in [3.63, 3.8) is 0 Å². The van der Waals surface area contributed by atoms with Gasteiger partial charge in [-0.05, 0) is 40.0 Å². The molecule has 0 aromatic heterocycles. The molecule has 0 saturated carbocycles. The molecule has 1 rings (SSSR count). The quantitative estimate of drug-likeness (QED) is 0.468. The summed E-state index contributed by atoms with van der Waals surface area (Å²) >= 11 is 8.34. The molecular formula is C11H9BrClFO2. The lowest BCUT2D eigenvalue weighted by Crippen LogP contribution is -2.02. The number of halogens is 3. The molecule has 0 saturated heterocycles. The lowest BCUT2D eigenvalue weighted by Gasteiger charge is -2.09. The average Bonchev–Trinajstić information content (AvgIpc) is 2.23. The first-order valence-electron chi connectivity index (χ1n) is 4.49. The Bertz CT molecular complexity index is 421. The third-order valence-electron chi connectivity index (χ3n) is 1.81. The van der Waals surface area contributed by atoms with Gasteiger partial charge in [-0.25, -0.2) is 4.39 Å². The maximum atomic E-state index is 13.2. The van der Waals surface area contributed by atoms with Crippen molar-refractivity contribution in [2.75, 3.05) is 6.61 Å². The zero-order valence-corrected chi connectivity index (χ0v) is 10.6. The molecule has 5 heteroatoms. The van der Waals surface area contributed by atoms with Gasteiger partial charge in [0.2, 0.25) is 0 Å². The molecule has 0 aliphatic rings. The minimum absolute atomic E-state index is 0.138. The Morgan fingerprint density at radius 2 is 2.31 bits per heavy atom. The molecule has 0 aliphatic heterocycles. The largest absolute Gasteiger partial charge is 0.492 e. The third-order valence-corrected chi connectivity index (χ3v) is 2.63. The van der Waals surface area contributed by atoms with Crippen molar-refractivity contribution < 1.29 is 13.9 Å². The van der Waals surface area contributed by atoms with E-state index in [1.807, 2.05) is 0 Å². The fraction of sp³-hybridized carbons (Fsp3) is 0.182. The molecule has 86 valence electrons. The number of ether oxygens (including phenoxy) is 1. The van der Waals surface area contributed by atoms with E-state index in [4.69, 9.17) is 16.3 Å². The van der Waals surface area contributed by atoms with Crippen molar-refractivity contribution in [3.8, 4) is 5.75 Å². The van der Waals surface area contributed by atoms with Gasteiger partial charge in [0.05, 0.1) is 16.6 Å². The lowest BCUT2D eigenvalue weighted by molar-refractivity contribution is 0.107. The lowest BCUT2D eigenvalue weighted by atomic mass is 10.2. The number of rotatable bonds is 5. The second-order valence-electron chi connectivity index (χ2n) is 2.96. The Balaban J connectivity index is 3.00. The van der Waals surface area contributed by atoms with Crippen molar-refractivity contribution in [1.82, 2.24) is 0 Å². The molecule has 16 heavy (non-hydrogen) atoms. The molecule has 1 aromatic carbocycles. The molecule has 0 unspecified atom stereocenters. The summed E-state index contributed by atoms with van der Waals surface area (Å²) in [6, 6.07) is 2.43. The monoisotopic (exact) mass is 306 g/mol. The molecule has 0 bridgehead atoms. The first-order chi connectivity index (χ1) is 7.56. The van der Waals surface area contributed by atoms with Crippen LogP contribution in [0.2, 0.25) is 0 Å². The Hall–Kier alpha value is -0.870. The second-order valence-corrected chi connectivity index (χ2v) is 4.16. The summed E-state index contributed by atoms with van der Waals surface area (Å²) < 4.78 is 18.6. The number of carbonyl (C=O) groups excluding carboxylic acids is 1. The van der Waals surface area contributed by atoms with Gasteiger partial charge in [-0.15, -0.1) is 6.58 Å². The Labute approximate surface area is 106 Å². The summed E-state index contributed by atoms with van der Waals surface area (Å²) in [5, 5.41) is -0.686. The third kappa shape index (κ3) is 3.32. The highest BCUT2D eigenvalue weighted by Gasteiger charge is 2.14. The molecule has 0 radical (unpaired) electrons. The summed E-state index contributed by atoms with van der Waals surface area (Å²) in [6.45, 7) is 3.85. The molecule has 0 heterocycles. The van der Waals surface area contributed by atoms with Gasteiger partial charge < -0.3 is 4.74 Å². The Morgan fingerprint density at radius 1 is 1.62 bits per heavy atom. The second kappa shape index (κ2) is 6.01. The number of hydrogen-bond donors (Lipinski definition) is 0. The van der Waals surface area contributed by atoms with E-state index in [2.05, 4.69) is 22.5 Å². The molecule has 2 nitrogen and oxygen atoms in total. The molecule has 0 fully saturated rings. The van der Waals surface area contributed by atoms with Gasteiger partial charge in [-0.1, -0.05) is 6.08 Å². The van der Waals surface area contributed by atoms with Crippen LogP contribution in [0.25, 0.3) is 0 Å². The molecule has 0 N–H and O–H groups in total. The normalized spacial score (nSPS) is 9.94. The zero-order chi connectivity index (χ0) is 12.1. The van der Waals surface area contributed by atoms with Crippen molar-refractivity contribution in [1.29, 1.82) is 0 Å². The van der Waals surface area contributed by atoms with Crippen LogP contribution in [-0.2, 0) is 0 Å². The van der Waals surface area contributed by atoms with Crippen LogP contribution in [0.5, 0.6) is 5.75 Å². The van der Waals surface area contributed by atoms with Crippen LogP contribution in [0, 0.1) is 5.82 Å². The molecule has 0 spiro atoms. The SMILES string of the molecule is C=CCCOc1cc(F)c(Br)cc1C(=O)Cl. The van der Waals surface area contributed by atoms with Crippen LogP contribution >= 0.6 is 27.5 Å². The highest BCUT2D eigenvalue weighted by Crippen LogP contribution is 2.27. The number of benzene rings is 1. The Morgan fingerprint density at radius 3 is 2.88 bits per heavy atom. The van der Waals surface area contributed by atoms with Crippen LogP contribution in [0.4, 0.5) is 4.39 Å². The maximum absolute atomic E-state index is 13.2. The van der Waals surface area contributed by atoms with Crippen LogP contribution in [0.3, 0.4) is 0 Å². The molecule has 0 aliphatic carbocycles. The standard InChI is InChI=1S/C11H9BrClFO2/c1-2-3-4-16-10-6-9(14)8(12)5-7(10)11(13)15/h2,5-6H,1,3-4H2. The highest BCUT2D eigenvalue weighted by molar-refractivity contribution is 9.10. The first-order valence-corrected chi connectivity index (χ1v) is 5.66. The number of hydrogen-bond acceptors (Lipinski definition) is 2. The summed E-state index contributed by atoms with van der Waals surface area (Å²) in [5.74, 6) is -0.363. The van der Waals surface area contributed by atoms with E-state index >= 15 is 0 Å². The summed E-state index contributed by atoms with van der Waals surface area (Å²) in [4.78, 5) is 11.1.